The van der Waals surface area contributed by atoms with E-state index in [4.69, 9.17) is 11.6 Å². The fraction of sp³-hybridized carbons (Fsp3) is 0.500. The Kier molecular flexibility index (Phi) is 2.14. The Morgan fingerprint density at radius 1 is 1.24 bits per heavy atom. The Hall–Kier alpha value is -1.29. The van der Waals surface area contributed by atoms with Crippen molar-refractivity contribution in [1.29, 1.82) is 0 Å². The van der Waals surface area contributed by atoms with Gasteiger partial charge >= 0.3 is 5.69 Å². The van der Waals surface area contributed by atoms with Gasteiger partial charge in [-0.1, -0.05) is 12.2 Å². The van der Waals surface area contributed by atoms with Crippen molar-refractivity contribution >= 4 is 11.6 Å². The van der Waals surface area contributed by atoms with Gasteiger partial charge in [0, 0.05) is 31.3 Å². The first-order chi connectivity index (χ1) is 8.02. The summed E-state index contributed by atoms with van der Waals surface area (Å²) in [4.78, 5) is 24.0. The fourth-order valence-electron chi connectivity index (χ4n) is 3.01. The molecule has 0 unspecified atom stereocenters. The van der Waals surface area contributed by atoms with Crippen LogP contribution < -0.4 is 11.2 Å². The molecular formula is C12H13ClN2O2. The van der Waals surface area contributed by atoms with Gasteiger partial charge in [-0.25, -0.2) is 4.79 Å². The summed E-state index contributed by atoms with van der Waals surface area (Å²) < 4.78 is 2.75. The molecule has 17 heavy (non-hydrogen) atoms. The zero-order valence-corrected chi connectivity index (χ0v) is 10.4. The number of nitrogens with zero attached hydrogens (tertiary/aromatic N) is 2. The molecule has 0 radical (unpaired) electrons. The van der Waals surface area contributed by atoms with Crippen LogP contribution in [0.15, 0.2) is 21.7 Å². The summed E-state index contributed by atoms with van der Waals surface area (Å²) in [5.74, 6) is 0.311. The van der Waals surface area contributed by atoms with Gasteiger partial charge in [0.2, 0.25) is 0 Å². The predicted molar refractivity (Wildman–Crippen MR) is 65.6 cm³/mol. The molecule has 0 fully saturated rings. The first kappa shape index (κ1) is 10.8. The Morgan fingerprint density at radius 3 is 2.65 bits per heavy atom. The molecule has 2 aliphatic carbocycles. The highest BCUT2D eigenvalue weighted by molar-refractivity contribution is 6.22. The van der Waals surface area contributed by atoms with Gasteiger partial charge in [-0.05, 0) is 12.3 Å². The van der Waals surface area contributed by atoms with Crippen molar-refractivity contribution in [1.82, 2.24) is 9.13 Å². The van der Waals surface area contributed by atoms with Crippen molar-refractivity contribution in [2.24, 2.45) is 20.0 Å². The monoisotopic (exact) mass is 252 g/mol. The van der Waals surface area contributed by atoms with E-state index >= 15 is 0 Å². The van der Waals surface area contributed by atoms with Crippen molar-refractivity contribution in [2.45, 2.75) is 17.7 Å². The number of rotatable bonds is 0. The van der Waals surface area contributed by atoms with E-state index in [1.807, 2.05) is 6.08 Å². The molecule has 0 aromatic carbocycles. The quantitative estimate of drug-likeness (QED) is 0.499. The smallest absolute Gasteiger partial charge is 0.300 e. The molecule has 4 nitrogen and oxygen atoms in total. The van der Waals surface area contributed by atoms with Crippen molar-refractivity contribution in [3.05, 3.63) is 44.2 Å². The highest BCUT2D eigenvalue weighted by Crippen LogP contribution is 2.44. The van der Waals surface area contributed by atoms with Crippen LogP contribution in [0, 0.1) is 5.92 Å². The second-order valence-corrected chi connectivity index (χ2v) is 5.29. The second kappa shape index (κ2) is 3.35. The summed E-state index contributed by atoms with van der Waals surface area (Å²) in [6, 6.07) is 0. The maximum atomic E-state index is 12.2. The molecule has 0 bridgehead atoms. The zero-order valence-electron chi connectivity index (χ0n) is 9.68. The maximum absolute atomic E-state index is 12.2. The third kappa shape index (κ3) is 1.24. The minimum Gasteiger partial charge on any atom is -0.300 e. The van der Waals surface area contributed by atoms with E-state index in [0.717, 1.165) is 17.7 Å². The minimum absolute atomic E-state index is 0.0390. The van der Waals surface area contributed by atoms with Gasteiger partial charge in [-0.15, -0.1) is 11.6 Å². The molecule has 1 heterocycles. The summed E-state index contributed by atoms with van der Waals surface area (Å²) in [7, 11) is 3.23. The largest absolute Gasteiger partial charge is 0.330 e. The SMILES string of the molecule is Cn1c2c(c(=O)n(C)c1=O)[C@H]1[C@H](Cl)C=C[C@H]1C2. The molecule has 0 saturated carbocycles. The van der Waals surface area contributed by atoms with Crippen LogP contribution in [-0.2, 0) is 20.5 Å². The van der Waals surface area contributed by atoms with Gasteiger partial charge in [0.1, 0.15) is 0 Å². The summed E-state index contributed by atoms with van der Waals surface area (Å²) in [5.41, 5.74) is 1.13. The van der Waals surface area contributed by atoms with Gasteiger partial charge in [0.15, 0.2) is 0 Å². The van der Waals surface area contributed by atoms with E-state index in [2.05, 4.69) is 6.08 Å². The van der Waals surface area contributed by atoms with Crippen LogP contribution in [0.3, 0.4) is 0 Å². The van der Waals surface area contributed by atoms with E-state index in [0.29, 0.717) is 0 Å². The highest BCUT2D eigenvalue weighted by atomic mass is 35.5. The van der Waals surface area contributed by atoms with Crippen molar-refractivity contribution in [3.8, 4) is 0 Å². The molecule has 0 amide bonds. The summed E-state index contributed by atoms with van der Waals surface area (Å²) in [6.07, 6.45) is 4.75. The van der Waals surface area contributed by atoms with Gasteiger partial charge in [-0.3, -0.25) is 9.36 Å². The zero-order chi connectivity index (χ0) is 12.3. The first-order valence-electron chi connectivity index (χ1n) is 5.63. The Balaban J connectivity index is 2.34. The highest BCUT2D eigenvalue weighted by Gasteiger charge is 2.42. The summed E-state index contributed by atoms with van der Waals surface area (Å²) in [6.45, 7) is 0. The third-order valence-corrected chi connectivity index (χ3v) is 4.35. The van der Waals surface area contributed by atoms with Crippen LogP contribution in [-0.4, -0.2) is 14.5 Å². The standard InChI is InChI=1S/C12H13ClN2O2/c1-14-8-5-6-3-4-7(13)9(6)10(8)11(16)15(2)12(14)17/h3-4,6-7,9H,5H2,1-2H3/t6-,7+,9+/m0/s1. The Morgan fingerprint density at radius 2 is 1.94 bits per heavy atom. The lowest BCUT2D eigenvalue weighted by molar-refractivity contribution is 0.589. The van der Waals surface area contributed by atoms with E-state index in [1.165, 1.54) is 11.6 Å². The topological polar surface area (TPSA) is 44.0 Å². The normalized spacial score (nSPS) is 29.5. The lowest BCUT2D eigenvalue weighted by atomic mass is 9.96. The average Bonchev–Trinajstić information content (AvgIpc) is 2.84. The molecule has 1 aromatic heterocycles. The number of allylic oxidation sites excluding steroid dienone is 2. The van der Waals surface area contributed by atoms with E-state index in [9.17, 15) is 9.59 Å². The Labute approximate surface area is 103 Å². The fourth-order valence-corrected chi connectivity index (χ4v) is 3.41. The van der Waals surface area contributed by atoms with Crippen LogP contribution in [0.25, 0.3) is 0 Å². The molecule has 2 aliphatic rings. The van der Waals surface area contributed by atoms with Gasteiger partial charge in [-0.2, -0.15) is 0 Å². The summed E-state index contributed by atoms with van der Waals surface area (Å²) >= 11 is 6.24. The molecule has 0 saturated heterocycles. The number of hydrogen-bond acceptors (Lipinski definition) is 2. The van der Waals surface area contributed by atoms with Crippen LogP contribution in [0.1, 0.15) is 17.2 Å². The van der Waals surface area contributed by atoms with Crippen LogP contribution >= 0.6 is 11.6 Å². The number of fused-ring (bicyclic) bond motifs is 3. The molecule has 90 valence electrons. The molecule has 3 rings (SSSR count). The molecular weight excluding hydrogens is 240 g/mol. The average molecular weight is 253 g/mol. The second-order valence-electron chi connectivity index (χ2n) is 4.79. The Bertz CT molecular complexity index is 641. The van der Waals surface area contributed by atoms with Gasteiger partial charge in [0.25, 0.3) is 5.56 Å². The number of alkyl halides is 1. The van der Waals surface area contributed by atoms with Gasteiger partial charge in [0.05, 0.1) is 5.38 Å². The lowest BCUT2D eigenvalue weighted by Gasteiger charge is -2.14. The molecule has 5 heteroatoms. The number of hydrogen-bond donors (Lipinski definition) is 0. The van der Waals surface area contributed by atoms with Crippen LogP contribution in [0.5, 0.6) is 0 Å². The third-order valence-electron chi connectivity index (χ3n) is 3.93. The van der Waals surface area contributed by atoms with E-state index in [-0.39, 0.29) is 28.5 Å². The summed E-state index contributed by atoms with van der Waals surface area (Å²) in [5, 5.41) is -0.133. The van der Waals surface area contributed by atoms with Crippen molar-refractivity contribution in [2.75, 3.05) is 0 Å². The lowest BCUT2D eigenvalue weighted by Crippen LogP contribution is -2.40. The molecule has 0 N–H and O–H groups in total. The molecule has 0 aliphatic heterocycles. The maximum Gasteiger partial charge on any atom is 0.330 e. The van der Waals surface area contributed by atoms with Crippen LogP contribution in [0.2, 0.25) is 0 Å². The van der Waals surface area contributed by atoms with E-state index < -0.39 is 0 Å². The minimum atomic E-state index is -0.260. The number of aromatic nitrogens is 2. The van der Waals surface area contributed by atoms with Crippen molar-refractivity contribution < 1.29 is 0 Å². The molecule has 1 aromatic rings. The van der Waals surface area contributed by atoms with Crippen molar-refractivity contribution in [3.63, 3.8) is 0 Å². The van der Waals surface area contributed by atoms with E-state index in [1.54, 1.807) is 11.6 Å². The van der Waals surface area contributed by atoms with Gasteiger partial charge < -0.3 is 4.57 Å². The molecule has 3 atom stereocenters. The molecule has 0 spiro atoms. The number of halogens is 1. The predicted octanol–water partition coefficient (Wildman–Crippen LogP) is 0.517. The van der Waals surface area contributed by atoms with Crippen LogP contribution in [0.4, 0.5) is 0 Å². The first-order valence-corrected chi connectivity index (χ1v) is 6.07.